The number of anilines is 1. The van der Waals surface area contributed by atoms with E-state index in [1.165, 1.54) is 0 Å². The molecule has 0 radical (unpaired) electrons. The number of nitrogens with zero attached hydrogens (tertiary/aromatic N) is 5. The fraction of sp³-hybridized carbons (Fsp3) is 0.444. The fourth-order valence-corrected chi connectivity index (χ4v) is 3.24. The van der Waals surface area contributed by atoms with Gasteiger partial charge in [-0.3, -0.25) is 9.67 Å². The first kappa shape index (κ1) is 20.8. The maximum Gasteiger partial charge on any atom is 0.194 e. The summed E-state index contributed by atoms with van der Waals surface area (Å²) in [7, 11) is 0. The molecule has 3 rings (SSSR count). The van der Waals surface area contributed by atoms with E-state index in [0.29, 0.717) is 0 Å². The molecule has 142 valence electrons. The Hall–Kier alpha value is -1.48. The third kappa shape index (κ3) is 5.51. The molecule has 0 aliphatic carbocycles. The van der Waals surface area contributed by atoms with Gasteiger partial charge in [0.25, 0.3) is 0 Å². The van der Waals surface area contributed by atoms with Crippen molar-refractivity contribution in [2.24, 2.45) is 4.99 Å². The van der Waals surface area contributed by atoms with Gasteiger partial charge in [-0.2, -0.15) is 5.10 Å². The van der Waals surface area contributed by atoms with Crippen LogP contribution in [0.15, 0.2) is 47.7 Å². The third-order valence-corrected chi connectivity index (χ3v) is 4.58. The van der Waals surface area contributed by atoms with Gasteiger partial charge in [0.1, 0.15) is 0 Å². The topological polar surface area (TPSA) is 48.7 Å². The molecule has 1 aliphatic heterocycles. The Morgan fingerprint density at radius 3 is 2.62 bits per heavy atom. The molecule has 0 unspecified atom stereocenters. The van der Waals surface area contributed by atoms with E-state index in [2.05, 4.69) is 33.2 Å². The van der Waals surface area contributed by atoms with Crippen LogP contribution in [-0.4, -0.2) is 59.9 Å². The summed E-state index contributed by atoms with van der Waals surface area (Å²) in [6.07, 6.45) is 3.76. The maximum absolute atomic E-state index is 6.32. The Kier molecular flexibility index (Phi) is 8.50. The van der Waals surface area contributed by atoms with Crippen molar-refractivity contribution in [3.63, 3.8) is 0 Å². The van der Waals surface area contributed by atoms with Gasteiger partial charge < -0.3 is 15.1 Å². The van der Waals surface area contributed by atoms with Crippen molar-refractivity contribution in [3.05, 3.63) is 47.7 Å². The highest BCUT2D eigenvalue weighted by molar-refractivity contribution is 14.0. The minimum Gasteiger partial charge on any atom is -0.367 e. The highest BCUT2D eigenvalue weighted by Crippen LogP contribution is 2.25. The van der Waals surface area contributed by atoms with Crippen molar-refractivity contribution in [2.45, 2.75) is 13.5 Å². The summed E-state index contributed by atoms with van der Waals surface area (Å²) in [6, 6.07) is 9.97. The molecule has 26 heavy (non-hydrogen) atoms. The number of hydrogen-bond donors (Lipinski definition) is 1. The molecule has 0 saturated carbocycles. The summed E-state index contributed by atoms with van der Waals surface area (Å²) in [5.74, 6) is 0.980. The largest absolute Gasteiger partial charge is 0.367 e. The van der Waals surface area contributed by atoms with Crippen LogP contribution in [0.1, 0.15) is 6.92 Å². The highest BCUT2D eigenvalue weighted by Gasteiger charge is 2.20. The van der Waals surface area contributed by atoms with Crippen LogP contribution >= 0.6 is 35.6 Å². The predicted molar refractivity (Wildman–Crippen MR) is 119 cm³/mol. The normalized spacial score (nSPS) is 14.9. The van der Waals surface area contributed by atoms with E-state index in [1.807, 2.05) is 35.1 Å². The molecule has 1 saturated heterocycles. The summed E-state index contributed by atoms with van der Waals surface area (Å²) in [4.78, 5) is 9.41. The Bertz CT molecular complexity index is 683. The van der Waals surface area contributed by atoms with E-state index >= 15 is 0 Å². The van der Waals surface area contributed by atoms with E-state index in [9.17, 15) is 0 Å². The molecule has 2 aromatic rings. The van der Waals surface area contributed by atoms with E-state index in [4.69, 9.17) is 16.6 Å². The molecule has 1 aliphatic rings. The second kappa shape index (κ2) is 10.6. The van der Waals surface area contributed by atoms with Crippen LogP contribution in [0.3, 0.4) is 0 Å². The van der Waals surface area contributed by atoms with Gasteiger partial charge in [-0.15, -0.1) is 24.0 Å². The summed E-state index contributed by atoms with van der Waals surface area (Å²) >= 11 is 6.32. The summed E-state index contributed by atoms with van der Waals surface area (Å²) in [6.45, 7) is 8.21. The Morgan fingerprint density at radius 2 is 1.96 bits per heavy atom. The van der Waals surface area contributed by atoms with Gasteiger partial charge in [-0.05, 0) is 25.1 Å². The number of piperazine rings is 1. The average molecular weight is 489 g/mol. The minimum atomic E-state index is 0. The molecule has 1 fully saturated rings. The molecule has 0 bridgehead atoms. The number of hydrogen-bond acceptors (Lipinski definition) is 3. The molecule has 6 nitrogen and oxygen atoms in total. The van der Waals surface area contributed by atoms with Crippen molar-refractivity contribution in [1.82, 2.24) is 20.0 Å². The fourth-order valence-electron chi connectivity index (χ4n) is 2.98. The molecular formula is C18H26ClIN6. The number of halogens is 2. The van der Waals surface area contributed by atoms with E-state index < -0.39 is 0 Å². The Morgan fingerprint density at radius 1 is 1.19 bits per heavy atom. The quantitative estimate of drug-likeness (QED) is 0.399. The number of nitrogens with one attached hydrogen (secondary N) is 1. The Labute approximate surface area is 177 Å². The zero-order chi connectivity index (χ0) is 17.5. The van der Waals surface area contributed by atoms with Crippen LogP contribution in [0.5, 0.6) is 0 Å². The highest BCUT2D eigenvalue weighted by atomic mass is 127. The molecule has 1 aromatic carbocycles. The van der Waals surface area contributed by atoms with Gasteiger partial charge in [0.2, 0.25) is 0 Å². The molecule has 0 spiro atoms. The van der Waals surface area contributed by atoms with Gasteiger partial charge in [-0.25, -0.2) is 0 Å². The monoisotopic (exact) mass is 488 g/mol. The lowest BCUT2D eigenvalue weighted by Crippen LogP contribution is -2.52. The third-order valence-electron chi connectivity index (χ3n) is 4.26. The summed E-state index contributed by atoms with van der Waals surface area (Å²) < 4.78 is 1.91. The van der Waals surface area contributed by atoms with E-state index in [0.717, 1.165) is 62.5 Å². The van der Waals surface area contributed by atoms with Gasteiger partial charge in [0, 0.05) is 45.1 Å². The predicted octanol–water partition coefficient (Wildman–Crippen LogP) is 2.94. The molecule has 0 amide bonds. The number of rotatable bonds is 5. The summed E-state index contributed by atoms with van der Waals surface area (Å²) in [5, 5.41) is 8.43. The summed E-state index contributed by atoms with van der Waals surface area (Å²) in [5.41, 5.74) is 1.12. The van der Waals surface area contributed by atoms with Crippen LogP contribution in [-0.2, 0) is 6.54 Å². The first-order valence-corrected chi connectivity index (χ1v) is 9.16. The van der Waals surface area contributed by atoms with Crippen molar-refractivity contribution < 1.29 is 0 Å². The first-order valence-electron chi connectivity index (χ1n) is 8.78. The maximum atomic E-state index is 6.32. The van der Waals surface area contributed by atoms with Crippen LogP contribution in [0.4, 0.5) is 5.69 Å². The van der Waals surface area contributed by atoms with Crippen LogP contribution in [0, 0.1) is 0 Å². The SMILES string of the molecule is CCNC(=NCCn1cccn1)N1CCN(c2ccccc2Cl)CC1.I. The number of guanidine groups is 1. The lowest BCUT2D eigenvalue weighted by atomic mass is 10.2. The van der Waals surface area contributed by atoms with Crippen LogP contribution < -0.4 is 10.2 Å². The van der Waals surface area contributed by atoms with Crippen molar-refractivity contribution >= 4 is 47.2 Å². The molecule has 1 N–H and O–H groups in total. The van der Waals surface area contributed by atoms with Gasteiger partial charge in [0.15, 0.2) is 5.96 Å². The number of aromatic nitrogens is 2. The number of benzene rings is 1. The van der Waals surface area contributed by atoms with Crippen LogP contribution in [0.25, 0.3) is 0 Å². The van der Waals surface area contributed by atoms with Gasteiger partial charge in [-0.1, -0.05) is 23.7 Å². The second-order valence-corrected chi connectivity index (χ2v) is 6.34. The minimum absolute atomic E-state index is 0. The first-order chi connectivity index (χ1) is 12.3. The average Bonchev–Trinajstić information content (AvgIpc) is 3.15. The second-order valence-electron chi connectivity index (χ2n) is 5.93. The van der Waals surface area contributed by atoms with E-state index in [-0.39, 0.29) is 24.0 Å². The molecule has 2 heterocycles. The molecular weight excluding hydrogens is 463 g/mol. The number of para-hydroxylation sites is 1. The van der Waals surface area contributed by atoms with E-state index in [1.54, 1.807) is 6.20 Å². The zero-order valence-corrected chi connectivity index (χ0v) is 18.1. The standard InChI is InChI=1S/C18H25ClN6.HI/c1-2-20-18(21-9-11-25-10-5-8-22-25)24-14-12-23(13-15-24)17-7-4-3-6-16(17)19;/h3-8,10H,2,9,11-15H2,1H3,(H,20,21);1H. The molecule has 0 atom stereocenters. The molecule has 1 aromatic heterocycles. The van der Waals surface area contributed by atoms with Crippen molar-refractivity contribution in [2.75, 3.05) is 44.2 Å². The van der Waals surface area contributed by atoms with Crippen molar-refractivity contribution in [3.8, 4) is 0 Å². The lowest BCUT2D eigenvalue weighted by Gasteiger charge is -2.38. The zero-order valence-electron chi connectivity index (χ0n) is 15.0. The van der Waals surface area contributed by atoms with Crippen molar-refractivity contribution in [1.29, 1.82) is 0 Å². The van der Waals surface area contributed by atoms with Gasteiger partial charge in [0.05, 0.1) is 23.8 Å². The lowest BCUT2D eigenvalue weighted by molar-refractivity contribution is 0.372. The molecule has 8 heteroatoms. The van der Waals surface area contributed by atoms with Crippen LogP contribution in [0.2, 0.25) is 5.02 Å². The Balaban J connectivity index is 0.00000243. The van der Waals surface area contributed by atoms with Gasteiger partial charge >= 0.3 is 0 Å². The smallest absolute Gasteiger partial charge is 0.194 e. The number of aliphatic imine (C=N–C) groups is 1.